The Morgan fingerprint density at radius 3 is 2.20 bits per heavy atom. The molecular weight excluding hydrogens is 777 g/mol. The largest absolute Gasteiger partial charge is 0.491 e. The molecular formula is C48H68N4O9. The van der Waals surface area contributed by atoms with Crippen molar-refractivity contribution >= 4 is 39.9 Å². The van der Waals surface area contributed by atoms with Crippen molar-refractivity contribution in [2.45, 2.75) is 85.2 Å². The summed E-state index contributed by atoms with van der Waals surface area (Å²) in [6, 6.07) is 14.5. The number of hydrogen-bond acceptors (Lipinski definition) is 10. The number of benzene rings is 2. The first-order chi connectivity index (χ1) is 29.5. The molecule has 1 aromatic heterocycles. The zero-order valence-electron chi connectivity index (χ0n) is 36.8. The lowest BCUT2D eigenvalue weighted by Crippen LogP contribution is -2.52. The van der Waals surface area contributed by atoms with Crippen LogP contribution in [-0.2, 0) is 33.3 Å². The van der Waals surface area contributed by atoms with Gasteiger partial charge in [-0.1, -0.05) is 76.3 Å². The van der Waals surface area contributed by atoms with Gasteiger partial charge in [0.2, 0.25) is 11.8 Å². The minimum atomic E-state index is -1.000. The lowest BCUT2D eigenvalue weighted by Gasteiger charge is -2.31. The number of fused-ring (bicyclic) bond motifs is 1. The smallest absolute Gasteiger partial charge is 0.305 e. The second-order valence-electron chi connectivity index (χ2n) is 15.9. The van der Waals surface area contributed by atoms with Gasteiger partial charge in [0.15, 0.2) is 0 Å². The van der Waals surface area contributed by atoms with Crippen molar-refractivity contribution in [3.63, 3.8) is 0 Å². The molecule has 0 radical (unpaired) electrons. The Labute approximate surface area is 362 Å². The predicted molar refractivity (Wildman–Crippen MR) is 240 cm³/mol. The number of allylic oxidation sites excluding steroid dienone is 4. The Kier molecular flexibility index (Phi) is 21.8. The number of nitrogens with zero attached hydrogens (tertiary/aromatic N) is 1. The molecule has 13 nitrogen and oxygen atoms in total. The summed E-state index contributed by atoms with van der Waals surface area (Å²) in [5.41, 5.74) is 3.13. The monoisotopic (exact) mass is 844 g/mol. The van der Waals surface area contributed by atoms with E-state index in [1.54, 1.807) is 6.20 Å². The lowest BCUT2D eigenvalue weighted by molar-refractivity contribution is -0.138. The minimum absolute atomic E-state index is 0.0463. The molecule has 0 fully saturated rings. The van der Waals surface area contributed by atoms with Gasteiger partial charge in [0, 0.05) is 37.2 Å². The Hall–Kier alpha value is -4.82. The van der Waals surface area contributed by atoms with E-state index in [1.807, 2.05) is 57.2 Å². The van der Waals surface area contributed by atoms with Crippen molar-refractivity contribution in [2.75, 3.05) is 71.3 Å². The third-order valence-corrected chi connectivity index (χ3v) is 10.4. The molecule has 334 valence electrons. The maximum atomic E-state index is 13.9. The summed E-state index contributed by atoms with van der Waals surface area (Å²) in [7, 11) is 0. The summed E-state index contributed by atoms with van der Waals surface area (Å²) in [5, 5.41) is 21.2. The fourth-order valence-electron chi connectivity index (χ4n) is 7.29. The first-order valence-electron chi connectivity index (χ1n) is 21.9. The number of nitrogens with one attached hydrogen (secondary N) is 3. The average molecular weight is 845 g/mol. The van der Waals surface area contributed by atoms with Crippen molar-refractivity contribution in [3.05, 3.63) is 84.1 Å². The van der Waals surface area contributed by atoms with Crippen LogP contribution in [0.5, 0.6) is 5.75 Å². The fourth-order valence-corrected chi connectivity index (χ4v) is 7.29. The van der Waals surface area contributed by atoms with Gasteiger partial charge in [-0.2, -0.15) is 0 Å². The lowest BCUT2D eigenvalue weighted by atomic mass is 9.83. The standard InChI is InChI=1S/C48H68N4O9/c1-6-22-57-23-24-58-25-26-59-27-28-60-29-30-61-44-18-17-39(40-10-7-8-11-41(40)44)37-14-13-36(5)38(16-15-37)42(33-47(54)55)52-48(56)43(31-34(2)3)51-46(53)12-9-20-49-45-32-35(4)19-21-50-45/h7-8,10-11,13-15,17-19,21,32,34,36,38,42-43H,6,9,12,16,20,22-31,33H2,1-5H3,(H,49,50)(H,51,53)(H,52,56)(H,54,55)/t36?,38-,42+,43+/m1/s1. The highest BCUT2D eigenvalue weighted by Crippen LogP contribution is 2.36. The zero-order chi connectivity index (χ0) is 43.8. The van der Waals surface area contributed by atoms with Gasteiger partial charge in [-0.05, 0) is 90.6 Å². The van der Waals surface area contributed by atoms with E-state index in [2.05, 4.69) is 65.1 Å². The van der Waals surface area contributed by atoms with E-state index < -0.39 is 18.1 Å². The van der Waals surface area contributed by atoms with E-state index >= 15 is 0 Å². The molecule has 4 atom stereocenters. The Morgan fingerprint density at radius 2 is 1.54 bits per heavy atom. The molecule has 61 heavy (non-hydrogen) atoms. The second kappa shape index (κ2) is 27.2. The van der Waals surface area contributed by atoms with Crippen LogP contribution in [0.15, 0.2) is 73.0 Å². The third kappa shape index (κ3) is 17.6. The highest BCUT2D eigenvalue weighted by Gasteiger charge is 2.32. The number of carboxylic acids is 1. The van der Waals surface area contributed by atoms with Gasteiger partial charge in [0.05, 0.1) is 52.7 Å². The van der Waals surface area contributed by atoms with Crippen LogP contribution in [0.3, 0.4) is 0 Å². The number of carbonyl (C=O) groups is 3. The molecule has 2 aromatic carbocycles. The van der Waals surface area contributed by atoms with E-state index in [-0.39, 0.29) is 42.4 Å². The summed E-state index contributed by atoms with van der Waals surface area (Å²) in [5.74, 6) is -0.216. The Bertz CT molecular complexity index is 1870. The summed E-state index contributed by atoms with van der Waals surface area (Å²) in [6.07, 6.45) is 10.6. The van der Waals surface area contributed by atoms with Crippen molar-refractivity contribution in [1.29, 1.82) is 0 Å². The number of pyridine rings is 1. The molecule has 3 aromatic rings. The summed E-state index contributed by atoms with van der Waals surface area (Å²) >= 11 is 0. The van der Waals surface area contributed by atoms with Gasteiger partial charge < -0.3 is 44.7 Å². The Morgan fingerprint density at radius 1 is 0.869 bits per heavy atom. The van der Waals surface area contributed by atoms with Gasteiger partial charge in [-0.3, -0.25) is 14.4 Å². The van der Waals surface area contributed by atoms with E-state index in [0.29, 0.717) is 78.7 Å². The van der Waals surface area contributed by atoms with E-state index in [1.165, 1.54) is 0 Å². The Balaban J connectivity index is 1.32. The van der Waals surface area contributed by atoms with Crippen LogP contribution >= 0.6 is 0 Å². The molecule has 4 rings (SSSR count). The highest BCUT2D eigenvalue weighted by atomic mass is 16.6. The van der Waals surface area contributed by atoms with Crippen LogP contribution in [0.1, 0.15) is 77.3 Å². The van der Waals surface area contributed by atoms with Gasteiger partial charge in [-0.25, -0.2) is 4.98 Å². The molecule has 0 saturated carbocycles. The SMILES string of the molecule is CCCOCCOCCOCCOCCOc1ccc(C2=CC[C@@H]([C@H](CC(=O)O)NC(=O)[C@H](CC(C)C)NC(=O)CCCNc3cc(C)ccn3)C(C)C=C2)c2ccccc12. The number of anilines is 1. The molecule has 2 amide bonds. The number of amides is 2. The summed E-state index contributed by atoms with van der Waals surface area (Å²) in [6.45, 7) is 15.3. The summed E-state index contributed by atoms with van der Waals surface area (Å²) < 4.78 is 28.4. The van der Waals surface area contributed by atoms with Crippen LogP contribution in [0.4, 0.5) is 5.82 Å². The van der Waals surface area contributed by atoms with Crippen molar-refractivity contribution in [1.82, 2.24) is 15.6 Å². The van der Waals surface area contributed by atoms with Crippen LogP contribution in [0, 0.1) is 24.7 Å². The van der Waals surface area contributed by atoms with Crippen molar-refractivity contribution in [2.24, 2.45) is 17.8 Å². The van der Waals surface area contributed by atoms with Crippen LogP contribution in [-0.4, -0.2) is 106 Å². The van der Waals surface area contributed by atoms with Gasteiger partial charge >= 0.3 is 5.97 Å². The predicted octanol–water partition coefficient (Wildman–Crippen LogP) is 7.38. The summed E-state index contributed by atoms with van der Waals surface area (Å²) in [4.78, 5) is 43.4. The van der Waals surface area contributed by atoms with Gasteiger partial charge in [0.1, 0.15) is 24.2 Å². The van der Waals surface area contributed by atoms with E-state index in [9.17, 15) is 19.5 Å². The topological polar surface area (TPSA) is 167 Å². The number of ether oxygens (including phenoxy) is 5. The number of aliphatic carboxylic acids is 1. The number of rotatable bonds is 29. The molecule has 1 aliphatic carbocycles. The maximum absolute atomic E-state index is 13.9. The second-order valence-corrected chi connectivity index (χ2v) is 15.9. The number of carbonyl (C=O) groups excluding carboxylic acids is 2. The molecule has 0 spiro atoms. The van der Waals surface area contributed by atoms with E-state index in [4.69, 9.17) is 23.7 Å². The highest BCUT2D eigenvalue weighted by molar-refractivity contribution is 5.99. The molecule has 13 heteroatoms. The normalized spacial score (nSPS) is 16.1. The van der Waals surface area contributed by atoms with E-state index in [0.717, 1.165) is 52.1 Å². The molecule has 1 unspecified atom stereocenters. The third-order valence-electron chi connectivity index (χ3n) is 10.4. The first kappa shape index (κ1) is 48.8. The zero-order valence-corrected chi connectivity index (χ0v) is 36.8. The first-order valence-corrected chi connectivity index (χ1v) is 21.9. The molecule has 0 saturated heterocycles. The number of hydrogen-bond donors (Lipinski definition) is 4. The van der Waals surface area contributed by atoms with Crippen LogP contribution < -0.4 is 20.7 Å². The van der Waals surface area contributed by atoms with Crippen molar-refractivity contribution in [3.8, 4) is 5.75 Å². The maximum Gasteiger partial charge on any atom is 0.305 e. The number of aromatic nitrogens is 1. The molecule has 1 aliphatic rings. The molecule has 1 heterocycles. The van der Waals surface area contributed by atoms with Gasteiger partial charge in [-0.15, -0.1) is 0 Å². The molecule has 0 bridgehead atoms. The number of aryl methyl sites for hydroxylation is 1. The van der Waals surface area contributed by atoms with Gasteiger partial charge in [0.25, 0.3) is 0 Å². The minimum Gasteiger partial charge on any atom is -0.491 e. The average Bonchev–Trinajstić information content (AvgIpc) is 3.42. The van der Waals surface area contributed by atoms with Crippen LogP contribution in [0.25, 0.3) is 16.3 Å². The quantitative estimate of drug-likeness (QED) is 0.0516. The van der Waals surface area contributed by atoms with Crippen molar-refractivity contribution < 1.29 is 43.2 Å². The van der Waals surface area contributed by atoms with Crippen LogP contribution in [0.2, 0.25) is 0 Å². The molecule has 0 aliphatic heterocycles. The number of carboxylic acid groups (broad SMARTS) is 1. The fraction of sp³-hybridized carbons (Fsp3) is 0.542. The molecule has 4 N–H and O–H groups in total.